The van der Waals surface area contributed by atoms with Gasteiger partial charge in [0.1, 0.15) is 0 Å². The Morgan fingerprint density at radius 2 is 2.04 bits per heavy atom. The van der Waals surface area contributed by atoms with E-state index < -0.39 is 0 Å². The van der Waals surface area contributed by atoms with Crippen molar-refractivity contribution in [2.75, 3.05) is 20.1 Å². The van der Waals surface area contributed by atoms with E-state index in [0.717, 1.165) is 31.9 Å². The summed E-state index contributed by atoms with van der Waals surface area (Å²) < 4.78 is 1.85. The van der Waals surface area contributed by atoms with Crippen LogP contribution in [0.25, 0.3) is 0 Å². The summed E-state index contributed by atoms with van der Waals surface area (Å²) in [5, 5.41) is 11.1. The number of rotatable bonds is 10. The molecule has 23 heavy (non-hydrogen) atoms. The van der Waals surface area contributed by atoms with Crippen LogP contribution in [0.15, 0.2) is 17.4 Å². The molecule has 0 unspecified atom stereocenters. The average molecular weight is 322 g/mol. The molecular weight excluding hydrogens is 286 g/mol. The van der Waals surface area contributed by atoms with Crippen molar-refractivity contribution < 1.29 is 0 Å². The SMILES string of the molecule is CCCCCC(C)(C)CNC(=NC)NCCCc1cnn(C)c1. The van der Waals surface area contributed by atoms with E-state index in [-0.39, 0.29) is 0 Å². The van der Waals surface area contributed by atoms with Gasteiger partial charge in [-0.3, -0.25) is 9.67 Å². The van der Waals surface area contributed by atoms with E-state index in [1.807, 2.05) is 25.0 Å². The molecule has 0 saturated heterocycles. The Bertz CT molecular complexity index is 462. The van der Waals surface area contributed by atoms with E-state index in [1.165, 1.54) is 31.2 Å². The number of nitrogens with zero attached hydrogens (tertiary/aromatic N) is 3. The lowest BCUT2D eigenvalue weighted by Crippen LogP contribution is -2.42. The first kappa shape index (κ1) is 19.5. The molecule has 0 saturated carbocycles. The highest BCUT2D eigenvalue weighted by atomic mass is 15.2. The molecule has 5 nitrogen and oxygen atoms in total. The highest BCUT2D eigenvalue weighted by Gasteiger charge is 2.17. The first-order valence-corrected chi connectivity index (χ1v) is 8.89. The Kier molecular flexibility index (Phi) is 8.74. The minimum Gasteiger partial charge on any atom is -0.356 e. The van der Waals surface area contributed by atoms with E-state index in [0.29, 0.717) is 5.41 Å². The summed E-state index contributed by atoms with van der Waals surface area (Å²) >= 11 is 0. The van der Waals surface area contributed by atoms with Crippen LogP contribution in [-0.2, 0) is 13.5 Å². The van der Waals surface area contributed by atoms with Crippen LogP contribution in [0.1, 0.15) is 58.4 Å². The van der Waals surface area contributed by atoms with Crippen LogP contribution in [0.2, 0.25) is 0 Å². The Morgan fingerprint density at radius 3 is 2.65 bits per heavy atom. The zero-order valence-corrected chi connectivity index (χ0v) is 15.7. The van der Waals surface area contributed by atoms with Crippen LogP contribution >= 0.6 is 0 Å². The summed E-state index contributed by atoms with van der Waals surface area (Å²) in [5.41, 5.74) is 1.59. The Hall–Kier alpha value is -1.52. The molecule has 0 aliphatic heterocycles. The number of aromatic nitrogens is 2. The minimum atomic E-state index is 0.308. The molecular formula is C18H35N5. The van der Waals surface area contributed by atoms with Gasteiger partial charge in [-0.25, -0.2) is 0 Å². The Labute approximate surface area is 142 Å². The van der Waals surface area contributed by atoms with Crippen LogP contribution in [0.3, 0.4) is 0 Å². The van der Waals surface area contributed by atoms with E-state index in [9.17, 15) is 0 Å². The van der Waals surface area contributed by atoms with Gasteiger partial charge in [0.15, 0.2) is 5.96 Å². The topological polar surface area (TPSA) is 54.2 Å². The predicted molar refractivity (Wildman–Crippen MR) is 98.8 cm³/mol. The van der Waals surface area contributed by atoms with Crippen LogP contribution in [0.4, 0.5) is 0 Å². The standard InChI is InChI=1S/C18H35N5/c1-6-7-8-11-18(2,3)15-21-17(19-4)20-12-9-10-16-13-22-23(5)14-16/h13-14H,6-12,15H2,1-5H3,(H2,19,20,21). The summed E-state index contributed by atoms with van der Waals surface area (Å²) in [4.78, 5) is 4.31. The smallest absolute Gasteiger partial charge is 0.190 e. The van der Waals surface area contributed by atoms with Crippen molar-refractivity contribution in [2.24, 2.45) is 17.5 Å². The lowest BCUT2D eigenvalue weighted by Gasteiger charge is -2.26. The molecule has 0 aliphatic carbocycles. The van der Waals surface area contributed by atoms with Gasteiger partial charge < -0.3 is 10.6 Å². The average Bonchev–Trinajstić information content (AvgIpc) is 2.92. The third kappa shape index (κ3) is 8.62. The lowest BCUT2D eigenvalue weighted by molar-refractivity contribution is 0.318. The van der Waals surface area contributed by atoms with E-state index in [2.05, 4.69) is 47.7 Å². The number of nitrogens with one attached hydrogen (secondary N) is 2. The molecule has 0 radical (unpaired) electrons. The van der Waals surface area contributed by atoms with Crippen molar-refractivity contribution in [3.05, 3.63) is 18.0 Å². The maximum atomic E-state index is 4.31. The fraction of sp³-hybridized carbons (Fsp3) is 0.778. The number of unbranched alkanes of at least 4 members (excludes halogenated alkanes) is 2. The fourth-order valence-electron chi connectivity index (χ4n) is 2.59. The normalized spacial score (nSPS) is 12.5. The summed E-state index contributed by atoms with van der Waals surface area (Å²) in [6.07, 6.45) is 11.3. The van der Waals surface area contributed by atoms with Gasteiger partial charge in [0.2, 0.25) is 0 Å². The summed E-state index contributed by atoms with van der Waals surface area (Å²) in [6.45, 7) is 8.78. The first-order chi connectivity index (χ1) is 11.0. The molecule has 0 bridgehead atoms. The van der Waals surface area contributed by atoms with Gasteiger partial charge in [0.25, 0.3) is 0 Å². The molecule has 1 aromatic heterocycles. The minimum absolute atomic E-state index is 0.308. The highest BCUT2D eigenvalue weighted by Crippen LogP contribution is 2.22. The Morgan fingerprint density at radius 1 is 1.26 bits per heavy atom. The predicted octanol–water partition coefficient (Wildman–Crippen LogP) is 3.12. The number of hydrogen-bond acceptors (Lipinski definition) is 2. The molecule has 0 aromatic carbocycles. The van der Waals surface area contributed by atoms with Crippen molar-refractivity contribution in [3.63, 3.8) is 0 Å². The second kappa shape index (κ2) is 10.3. The molecule has 1 rings (SSSR count). The van der Waals surface area contributed by atoms with Gasteiger partial charge in [0.05, 0.1) is 6.20 Å². The van der Waals surface area contributed by atoms with Gasteiger partial charge in [-0.1, -0.05) is 40.0 Å². The van der Waals surface area contributed by atoms with Gasteiger partial charge in [0, 0.05) is 33.4 Å². The third-order valence-electron chi connectivity index (χ3n) is 4.11. The maximum Gasteiger partial charge on any atom is 0.190 e. The number of aryl methyl sites for hydroxylation is 2. The monoisotopic (exact) mass is 321 g/mol. The van der Waals surface area contributed by atoms with Crippen LogP contribution in [-0.4, -0.2) is 35.9 Å². The Balaban J connectivity index is 2.21. The molecule has 2 N–H and O–H groups in total. The zero-order chi connectivity index (χ0) is 17.1. The molecule has 1 aromatic rings. The van der Waals surface area contributed by atoms with E-state index in [1.54, 1.807) is 0 Å². The van der Waals surface area contributed by atoms with Crippen molar-refractivity contribution >= 4 is 5.96 Å². The quantitative estimate of drug-likeness (QED) is 0.395. The second-order valence-corrected chi connectivity index (χ2v) is 7.10. The van der Waals surface area contributed by atoms with Crippen molar-refractivity contribution in [3.8, 4) is 0 Å². The number of hydrogen-bond donors (Lipinski definition) is 2. The highest BCUT2D eigenvalue weighted by molar-refractivity contribution is 5.79. The van der Waals surface area contributed by atoms with Crippen molar-refractivity contribution in [1.29, 1.82) is 0 Å². The lowest BCUT2D eigenvalue weighted by atomic mass is 9.87. The third-order valence-corrected chi connectivity index (χ3v) is 4.11. The van der Waals surface area contributed by atoms with Crippen molar-refractivity contribution in [1.82, 2.24) is 20.4 Å². The first-order valence-electron chi connectivity index (χ1n) is 8.89. The molecule has 0 aliphatic rings. The molecule has 0 atom stereocenters. The van der Waals surface area contributed by atoms with Crippen LogP contribution in [0.5, 0.6) is 0 Å². The van der Waals surface area contributed by atoms with E-state index in [4.69, 9.17) is 0 Å². The van der Waals surface area contributed by atoms with Crippen molar-refractivity contribution in [2.45, 2.75) is 59.3 Å². The van der Waals surface area contributed by atoms with Gasteiger partial charge >= 0.3 is 0 Å². The molecule has 0 fully saturated rings. The van der Waals surface area contributed by atoms with E-state index >= 15 is 0 Å². The second-order valence-electron chi connectivity index (χ2n) is 7.10. The molecule has 1 heterocycles. The molecule has 0 spiro atoms. The van der Waals surface area contributed by atoms with Crippen LogP contribution < -0.4 is 10.6 Å². The molecule has 132 valence electrons. The number of aliphatic imine (C=N–C) groups is 1. The van der Waals surface area contributed by atoms with Gasteiger partial charge in [-0.15, -0.1) is 0 Å². The van der Waals surface area contributed by atoms with Gasteiger partial charge in [-0.05, 0) is 30.2 Å². The number of guanidine groups is 1. The van der Waals surface area contributed by atoms with Crippen LogP contribution in [0, 0.1) is 5.41 Å². The molecule has 0 amide bonds. The summed E-state index contributed by atoms with van der Waals surface area (Å²) in [5.74, 6) is 0.903. The van der Waals surface area contributed by atoms with Gasteiger partial charge in [-0.2, -0.15) is 5.10 Å². The summed E-state index contributed by atoms with van der Waals surface area (Å²) in [7, 11) is 3.79. The fourth-order valence-corrected chi connectivity index (χ4v) is 2.59. The molecule has 5 heteroatoms. The summed E-state index contributed by atoms with van der Waals surface area (Å²) in [6, 6.07) is 0. The zero-order valence-electron chi connectivity index (χ0n) is 15.7. The maximum absolute atomic E-state index is 4.31. The largest absolute Gasteiger partial charge is 0.356 e.